The summed E-state index contributed by atoms with van der Waals surface area (Å²) in [7, 11) is 0. The van der Waals surface area contributed by atoms with Gasteiger partial charge in [-0.2, -0.15) is 0 Å². The SMILES string of the molecule is CCC1(c2c(-c3ccc(C(=O)O)cc3)c3cc4c(cc3n2-c2ccc(F)cc2)C=NC4)COC1. The summed E-state index contributed by atoms with van der Waals surface area (Å²) >= 11 is 0. The largest absolute Gasteiger partial charge is 0.478 e. The molecule has 1 saturated heterocycles. The molecule has 0 unspecified atom stereocenters. The molecule has 6 heteroatoms. The summed E-state index contributed by atoms with van der Waals surface area (Å²) in [5, 5.41) is 10.5. The molecular formula is C28H23FN2O3. The summed E-state index contributed by atoms with van der Waals surface area (Å²) in [6.45, 7) is 4.01. The van der Waals surface area contributed by atoms with Gasteiger partial charge in [-0.25, -0.2) is 9.18 Å². The Morgan fingerprint density at radius 3 is 2.47 bits per heavy atom. The average molecular weight is 455 g/mol. The number of carbonyl (C=O) groups is 1. The molecule has 2 aliphatic rings. The molecule has 1 fully saturated rings. The van der Waals surface area contributed by atoms with Crippen molar-refractivity contribution < 1.29 is 19.0 Å². The Kier molecular flexibility index (Phi) is 4.67. The lowest BCUT2D eigenvalue weighted by Gasteiger charge is -2.42. The molecule has 0 spiro atoms. The lowest BCUT2D eigenvalue weighted by molar-refractivity contribution is -0.0644. The van der Waals surface area contributed by atoms with E-state index in [1.54, 1.807) is 24.3 Å². The third-order valence-corrected chi connectivity index (χ3v) is 7.16. The van der Waals surface area contributed by atoms with Crippen LogP contribution in [0.5, 0.6) is 0 Å². The van der Waals surface area contributed by atoms with E-state index in [9.17, 15) is 14.3 Å². The van der Waals surface area contributed by atoms with E-state index < -0.39 is 5.97 Å². The smallest absolute Gasteiger partial charge is 0.335 e. The Bertz CT molecular complexity index is 1460. The summed E-state index contributed by atoms with van der Waals surface area (Å²) in [6, 6.07) is 18.0. The number of aliphatic imine (C=N–C) groups is 1. The number of aromatic nitrogens is 1. The van der Waals surface area contributed by atoms with E-state index in [1.165, 1.54) is 12.1 Å². The minimum Gasteiger partial charge on any atom is -0.478 e. The standard InChI is InChI=1S/C28H23FN2O3/c1-2-28(15-34-16-28)26-25(17-3-5-18(6-4-17)27(32)33)23-11-19-13-30-14-20(19)12-24(23)31(26)22-9-7-21(29)8-10-22/h3-12,14H,2,13,15-16H2,1H3,(H,32,33). The van der Waals surface area contributed by atoms with Crippen LogP contribution in [-0.4, -0.2) is 35.1 Å². The molecule has 4 aromatic rings. The topological polar surface area (TPSA) is 63.8 Å². The van der Waals surface area contributed by atoms with E-state index in [1.807, 2.05) is 18.3 Å². The van der Waals surface area contributed by atoms with Gasteiger partial charge in [-0.05, 0) is 71.6 Å². The van der Waals surface area contributed by atoms with Gasteiger partial charge in [-0.3, -0.25) is 4.99 Å². The summed E-state index contributed by atoms with van der Waals surface area (Å²) in [4.78, 5) is 15.9. The first-order valence-corrected chi connectivity index (χ1v) is 11.4. The fourth-order valence-corrected chi connectivity index (χ4v) is 5.18. The highest BCUT2D eigenvalue weighted by Gasteiger charge is 2.44. The third kappa shape index (κ3) is 3.02. The van der Waals surface area contributed by atoms with Crippen LogP contribution in [0, 0.1) is 5.82 Å². The second-order valence-electron chi connectivity index (χ2n) is 9.08. The van der Waals surface area contributed by atoms with Crippen LogP contribution in [0.3, 0.4) is 0 Å². The number of carboxylic acid groups (broad SMARTS) is 1. The van der Waals surface area contributed by atoms with Gasteiger partial charge >= 0.3 is 5.97 Å². The normalized spacial score (nSPS) is 15.9. The molecule has 0 aliphatic carbocycles. The van der Waals surface area contributed by atoms with Crippen molar-refractivity contribution in [2.24, 2.45) is 4.99 Å². The van der Waals surface area contributed by atoms with Gasteiger partial charge in [0.05, 0.1) is 36.3 Å². The number of aromatic carboxylic acids is 1. The minimum atomic E-state index is -0.951. The van der Waals surface area contributed by atoms with E-state index >= 15 is 0 Å². The maximum absolute atomic E-state index is 13.9. The second kappa shape index (κ2) is 7.64. The second-order valence-corrected chi connectivity index (χ2v) is 9.08. The maximum Gasteiger partial charge on any atom is 0.335 e. The maximum atomic E-state index is 13.9. The van der Waals surface area contributed by atoms with Crippen LogP contribution in [0.25, 0.3) is 27.7 Å². The van der Waals surface area contributed by atoms with Gasteiger partial charge in [0.2, 0.25) is 0 Å². The van der Waals surface area contributed by atoms with Gasteiger partial charge in [0.1, 0.15) is 5.82 Å². The number of hydrogen-bond acceptors (Lipinski definition) is 3. The van der Waals surface area contributed by atoms with Gasteiger partial charge in [0.25, 0.3) is 0 Å². The van der Waals surface area contributed by atoms with Crippen molar-refractivity contribution in [3.05, 3.63) is 88.9 Å². The van der Waals surface area contributed by atoms with Crippen molar-refractivity contribution in [3.8, 4) is 16.8 Å². The number of halogens is 1. The Labute approximate surface area is 196 Å². The number of benzene rings is 3. The lowest BCUT2D eigenvalue weighted by atomic mass is 9.76. The van der Waals surface area contributed by atoms with E-state index in [0.717, 1.165) is 51.0 Å². The van der Waals surface area contributed by atoms with Gasteiger partial charge in [-0.1, -0.05) is 19.1 Å². The zero-order chi connectivity index (χ0) is 23.4. The number of hydrogen-bond donors (Lipinski definition) is 1. The number of carboxylic acids is 1. The number of rotatable bonds is 5. The van der Waals surface area contributed by atoms with Crippen molar-refractivity contribution >= 4 is 23.1 Å². The van der Waals surface area contributed by atoms with E-state index in [4.69, 9.17) is 4.74 Å². The predicted octanol–water partition coefficient (Wildman–Crippen LogP) is 5.75. The highest BCUT2D eigenvalue weighted by atomic mass is 19.1. The zero-order valence-corrected chi connectivity index (χ0v) is 18.7. The predicted molar refractivity (Wildman–Crippen MR) is 130 cm³/mol. The van der Waals surface area contributed by atoms with E-state index in [2.05, 4.69) is 28.6 Å². The molecule has 1 aromatic heterocycles. The number of nitrogens with zero attached hydrogens (tertiary/aromatic N) is 2. The molecule has 3 aromatic carbocycles. The summed E-state index contributed by atoms with van der Waals surface area (Å²) < 4.78 is 21.8. The van der Waals surface area contributed by atoms with Crippen molar-refractivity contribution in [2.75, 3.05) is 13.2 Å². The molecule has 1 N–H and O–H groups in total. The molecule has 3 heterocycles. The van der Waals surface area contributed by atoms with Gasteiger partial charge < -0.3 is 14.4 Å². The van der Waals surface area contributed by atoms with Crippen molar-refractivity contribution in [1.29, 1.82) is 0 Å². The Hall–Kier alpha value is -3.77. The minimum absolute atomic E-state index is 0.202. The molecule has 0 radical (unpaired) electrons. The van der Waals surface area contributed by atoms with Crippen LogP contribution in [0.15, 0.2) is 65.7 Å². The van der Waals surface area contributed by atoms with Gasteiger partial charge in [0.15, 0.2) is 0 Å². The summed E-state index contributed by atoms with van der Waals surface area (Å²) in [6.07, 6.45) is 2.78. The lowest BCUT2D eigenvalue weighted by Crippen LogP contribution is -2.47. The molecule has 2 aliphatic heterocycles. The van der Waals surface area contributed by atoms with Crippen LogP contribution in [-0.2, 0) is 16.7 Å². The highest BCUT2D eigenvalue weighted by Crippen LogP contribution is 2.48. The molecule has 0 bridgehead atoms. The Balaban J connectivity index is 1.73. The average Bonchev–Trinajstić information content (AvgIpc) is 3.40. The van der Waals surface area contributed by atoms with Crippen LogP contribution in [0.1, 0.15) is 40.5 Å². The molecule has 34 heavy (non-hydrogen) atoms. The van der Waals surface area contributed by atoms with Gasteiger partial charge in [0, 0.05) is 28.5 Å². The molecular weight excluding hydrogens is 431 g/mol. The Morgan fingerprint density at radius 2 is 1.85 bits per heavy atom. The van der Waals surface area contributed by atoms with Crippen molar-refractivity contribution in [2.45, 2.75) is 25.3 Å². The highest BCUT2D eigenvalue weighted by molar-refractivity contribution is 6.04. The van der Waals surface area contributed by atoms with E-state index in [-0.39, 0.29) is 16.8 Å². The quantitative estimate of drug-likeness (QED) is 0.418. The number of fused-ring (bicyclic) bond motifs is 2. The van der Waals surface area contributed by atoms with Crippen molar-refractivity contribution in [3.63, 3.8) is 0 Å². The molecule has 6 rings (SSSR count). The van der Waals surface area contributed by atoms with Gasteiger partial charge in [-0.15, -0.1) is 0 Å². The number of ether oxygens (including phenoxy) is 1. The fraction of sp³-hybridized carbons (Fsp3) is 0.214. The molecule has 0 amide bonds. The molecule has 5 nitrogen and oxygen atoms in total. The Morgan fingerprint density at radius 1 is 1.12 bits per heavy atom. The summed E-state index contributed by atoms with van der Waals surface area (Å²) in [5.74, 6) is -1.23. The summed E-state index contributed by atoms with van der Waals surface area (Å²) in [5.41, 5.74) is 7.32. The fourth-order valence-electron chi connectivity index (χ4n) is 5.18. The molecule has 0 saturated carbocycles. The first-order chi connectivity index (χ1) is 16.5. The first-order valence-electron chi connectivity index (χ1n) is 11.4. The van der Waals surface area contributed by atoms with Crippen molar-refractivity contribution in [1.82, 2.24) is 4.57 Å². The molecule has 170 valence electrons. The third-order valence-electron chi connectivity index (χ3n) is 7.16. The molecule has 0 atom stereocenters. The van der Waals surface area contributed by atoms with Crippen LogP contribution in [0.4, 0.5) is 4.39 Å². The monoisotopic (exact) mass is 454 g/mol. The zero-order valence-electron chi connectivity index (χ0n) is 18.7. The van der Waals surface area contributed by atoms with Crippen LogP contribution in [0.2, 0.25) is 0 Å². The first kappa shape index (κ1) is 20.8. The van der Waals surface area contributed by atoms with Crippen LogP contribution >= 0.6 is 0 Å². The van der Waals surface area contributed by atoms with E-state index in [0.29, 0.717) is 19.8 Å². The van der Waals surface area contributed by atoms with Crippen LogP contribution < -0.4 is 0 Å².